The molecule has 0 aliphatic heterocycles. The molecule has 0 saturated heterocycles. The van der Waals surface area contributed by atoms with E-state index in [2.05, 4.69) is 4.74 Å². The van der Waals surface area contributed by atoms with Crippen LogP contribution in [0.4, 0.5) is 8.78 Å². The second-order valence-corrected chi connectivity index (χ2v) is 8.21. The van der Waals surface area contributed by atoms with Crippen LogP contribution in [0.2, 0.25) is 0 Å². The summed E-state index contributed by atoms with van der Waals surface area (Å²) >= 11 is 1.21. The molecule has 2 aromatic rings. The number of sulfonamides is 1. The van der Waals surface area contributed by atoms with Crippen LogP contribution in [-0.4, -0.2) is 26.4 Å². The molecule has 8 heteroatoms. The minimum Gasteiger partial charge on any atom is -0.435 e. The van der Waals surface area contributed by atoms with Gasteiger partial charge < -0.3 is 4.74 Å². The lowest BCUT2D eigenvalue weighted by molar-refractivity contribution is -0.0498. The van der Waals surface area contributed by atoms with Gasteiger partial charge in [0.05, 0.1) is 0 Å². The van der Waals surface area contributed by atoms with Crippen LogP contribution in [0.3, 0.4) is 0 Å². The van der Waals surface area contributed by atoms with Crippen molar-refractivity contribution >= 4 is 21.4 Å². The first-order chi connectivity index (χ1) is 10.3. The molecule has 22 heavy (non-hydrogen) atoms. The summed E-state index contributed by atoms with van der Waals surface area (Å²) in [7, 11) is -2.06. The van der Waals surface area contributed by atoms with Gasteiger partial charge in [0, 0.05) is 18.5 Å². The smallest absolute Gasteiger partial charge is 0.387 e. The van der Waals surface area contributed by atoms with Gasteiger partial charge in [-0.25, -0.2) is 8.42 Å². The zero-order valence-corrected chi connectivity index (χ0v) is 13.6. The summed E-state index contributed by atoms with van der Waals surface area (Å²) in [5, 5.41) is 0. The Labute approximate surface area is 132 Å². The number of alkyl halides is 2. The molecule has 0 N–H and O–H groups in total. The van der Waals surface area contributed by atoms with Crippen molar-refractivity contribution in [2.45, 2.75) is 24.3 Å². The highest BCUT2D eigenvalue weighted by atomic mass is 32.2. The fourth-order valence-corrected chi connectivity index (χ4v) is 4.48. The third-order valence-corrected chi connectivity index (χ3v) is 6.21. The highest BCUT2D eigenvalue weighted by molar-refractivity contribution is 7.91. The van der Waals surface area contributed by atoms with Gasteiger partial charge in [0.15, 0.2) is 0 Å². The van der Waals surface area contributed by atoms with E-state index in [0.717, 1.165) is 4.88 Å². The van der Waals surface area contributed by atoms with Crippen LogP contribution in [-0.2, 0) is 16.6 Å². The average Bonchev–Trinajstić information content (AvgIpc) is 2.87. The molecule has 1 heterocycles. The summed E-state index contributed by atoms with van der Waals surface area (Å²) in [5.41, 5.74) is 0.681. The first kappa shape index (κ1) is 16.9. The average molecular weight is 347 g/mol. The van der Waals surface area contributed by atoms with Crippen LogP contribution in [0.1, 0.15) is 10.4 Å². The largest absolute Gasteiger partial charge is 0.435 e. The first-order valence-electron chi connectivity index (χ1n) is 6.35. The number of rotatable bonds is 6. The second kappa shape index (κ2) is 6.72. The third-order valence-electron chi connectivity index (χ3n) is 2.93. The Hall–Kier alpha value is -1.51. The Morgan fingerprint density at radius 1 is 1.18 bits per heavy atom. The molecule has 0 aliphatic rings. The van der Waals surface area contributed by atoms with E-state index in [4.69, 9.17) is 0 Å². The van der Waals surface area contributed by atoms with Crippen LogP contribution in [0.5, 0.6) is 5.75 Å². The van der Waals surface area contributed by atoms with Crippen LogP contribution in [0, 0.1) is 6.92 Å². The van der Waals surface area contributed by atoms with E-state index in [-0.39, 0.29) is 16.5 Å². The molecule has 0 fully saturated rings. The van der Waals surface area contributed by atoms with Gasteiger partial charge in [0.25, 0.3) is 10.0 Å². The molecule has 2 rings (SSSR count). The number of benzene rings is 1. The van der Waals surface area contributed by atoms with Crippen LogP contribution in [0.15, 0.2) is 40.6 Å². The zero-order valence-electron chi connectivity index (χ0n) is 12.0. The van der Waals surface area contributed by atoms with E-state index >= 15 is 0 Å². The summed E-state index contributed by atoms with van der Waals surface area (Å²) in [5.74, 6) is 0.0399. The number of nitrogens with zero attached hydrogens (tertiary/aromatic N) is 1. The van der Waals surface area contributed by atoms with Gasteiger partial charge in [-0.15, -0.1) is 11.3 Å². The van der Waals surface area contributed by atoms with Gasteiger partial charge in [0.2, 0.25) is 0 Å². The van der Waals surface area contributed by atoms with Gasteiger partial charge in [-0.3, -0.25) is 0 Å². The van der Waals surface area contributed by atoms with E-state index in [1.807, 2.05) is 6.92 Å². The zero-order chi connectivity index (χ0) is 16.3. The van der Waals surface area contributed by atoms with E-state index in [0.29, 0.717) is 5.56 Å². The van der Waals surface area contributed by atoms with Crippen LogP contribution in [0.25, 0.3) is 0 Å². The van der Waals surface area contributed by atoms with Crippen molar-refractivity contribution in [1.82, 2.24) is 4.31 Å². The van der Waals surface area contributed by atoms with Crippen molar-refractivity contribution in [2.24, 2.45) is 0 Å². The predicted octanol–water partition coefficient (Wildman–Crippen LogP) is 3.48. The molecule has 0 spiro atoms. The van der Waals surface area contributed by atoms with Gasteiger partial charge >= 0.3 is 6.61 Å². The maximum absolute atomic E-state index is 12.4. The quantitative estimate of drug-likeness (QED) is 0.804. The fourth-order valence-electron chi connectivity index (χ4n) is 1.82. The number of aryl methyl sites for hydroxylation is 1. The topological polar surface area (TPSA) is 46.6 Å². The molecule has 1 aromatic heterocycles. The number of hydrogen-bond acceptors (Lipinski definition) is 4. The van der Waals surface area contributed by atoms with Crippen molar-refractivity contribution in [3.63, 3.8) is 0 Å². The van der Waals surface area contributed by atoms with E-state index in [9.17, 15) is 17.2 Å². The first-order valence-corrected chi connectivity index (χ1v) is 8.61. The molecule has 1 aromatic carbocycles. The Balaban J connectivity index is 2.09. The molecular weight excluding hydrogens is 332 g/mol. The van der Waals surface area contributed by atoms with Gasteiger partial charge in [-0.05, 0) is 36.8 Å². The number of thiophene rings is 1. The molecule has 0 amide bonds. The van der Waals surface area contributed by atoms with Crippen molar-refractivity contribution in [1.29, 1.82) is 0 Å². The molecule has 0 saturated carbocycles. The van der Waals surface area contributed by atoms with Crippen LogP contribution >= 0.6 is 11.3 Å². The van der Waals surface area contributed by atoms with Gasteiger partial charge in [-0.2, -0.15) is 13.1 Å². The van der Waals surface area contributed by atoms with Gasteiger partial charge in [0.1, 0.15) is 9.96 Å². The van der Waals surface area contributed by atoms with E-state index < -0.39 is 16.6 Å². The van der Waals surface area contributed by atoms with E-state index in [1.165, 1.54) is 34.8 Å². The normalized spacial score (nSPS) is 12.1. The summed E-state index contributed by atoms with van der Waals surface area (Å²) in [4.78, 5) is 0.917. The van der Waals surface area contributed by atoms with Crippen molar-refractivity contribution in [2.75, 3.05) is 7.05 Å². The predicted molar refractivity (Wildman–Crippen MR) is 80.8 cm³/mol. The van der Waals surface area contributed by atoms with Crippen molar-refractivity contribution in [3.8, 4) is 5.75 Å². The maximum Gasteiger partial charge on any atom is 0.387 e. The summed E-state index contributed by atoms with van der Waals surface area (Å²) < 4.78 is 54.6. The van der Waals surface area contributed by atoms with E-state index in [1.54, 1.807) is 24.3 Å². The van der Waals surface area contributed by atoms with Crippen molar-refractivity contribution in [3.05, 3.63) is 46.8 Å². The number of ether oxygens (including phenoxy) is 1. The Morgan fingerprint density at radius 2 is 1.82 bits per heavy atom. The minimum atomic E-state index is -3.54. The summed E-state index contributed by atoms with van der Waals surface area (Å²) in [6, 6.07) is 9.22. The van der Waals surface area contributed by atoms with Gasteiger partial charge in [-0.1, -0.05) is 12.1 Å². The fraction of sp³-hybridized carbons (Fsp3) is 0.286. The lowest BCUT2D eigenvalue weighted by atomic mass is 10.2. The third kappa shape index (κ3) is 4.02. The molecule has 0 atom stereocenters. The highest BCUT2D eigenvalue weighted by Crippen LogP contribution is 2.25. The van der Waals surface area contributed by atoms with Crippen LogP contribution < -0.4 is 4.74 Å². The monoisotopic (exact) mass is 347 g/mol. The lowest BCUT2D eigenvalue weighted by Gasteiger charge is -2.16. The SMILES string of the molecule is Cc1ccc(S(=O)(=O)N(C)Cc2ccc(OC(F)F)cc2)s1. The standard InChI is InChI=1S/C14H15F2NO3S2/c1-10-3-8-13(21-10)22(18,19)17(2)9-11-4-6-12(7-5-11)20-14(15)16/h3-8,14H,9H2,1-2H3. The number of halogens is 2. The summed E-state index contributed by atoms with van der Waals surface area (Å²) in [6.07, 6.45) is 0. The maximum atomic E-state index is 12.4. The molecule has 4 nitrogen and oxygen atoms in total. The Bertz CT molecular complexity index is 727. The molecule has 120 valence electrons. The molecule has 0 aliphatic carbocycles. The molecule has 0 unspecified atom stereocenters. The molecule has 0 bridgehead atoms. The Morgan fingerprint density at radius 3 is 2.32 bits per heavy atom. The van der Waals surface area contributed by atoms with Crippen molar-refractivity contribution < 1.29 is 21.9 Å². The highest BCUT2D eigenvalue weighted by Gasteiger charge is 2.22. The Kier molecular flexibility index (Phi) is 5.15. The lowest BCUT2D eigenvalue weighted by Crippen LogP contribution is -2.25. The number of hydrogen-bond donors (Lipinski definition) is 0. The summed E-state index contributed by atoms with van der Waals surface area (Å²) in [6.45, 7) is -0.893. The molecular formula is C14H15F2NO3S2. The second-order valence-electron chi connectivity index (χ2n) is 4.65. The minimum absolute atomic E-state index is 0.0399. The molecule has 0 radical (unpaired) electrons.